The van der Waals surface area contributed by atoms with Gasteiger partial charge in [-0.2, -0.15) is 0 Å². The van der Waals surface area contributed by atoms with Crippen LogP contribution in [-0.4, -0.2) is 6.54 Å². The fourth-order valence-electron chi connectivity index (χ4n) is 3.23. The highest BCUT2D eigenvalue weighted by Gasteiger charge is 2.34. The van der Waals surface area contributed by atoms with Gasteiger partial charge in [-0.15, -0.1) is 0 Å². The van der Waals surface area contributed by atoms with Crippen LogP contribution in [0.5, 0.6) is 0 Å². The maximum Gasteiger partial charge on any atom is 0.126 e. The van der Waals surface area contributed by atoms with Crippen molar-refractivity contribution in [1.29, 1.82) is 0 Å². The molecule has 1 aliphatic carbocycles. The standard InChI is InChI=1S/C16H23ClFN/c1-2-12-5-7-16(11-19,8-6-12)10-13-9-14(17)3-4-15(13)18/h3-4,9,12H,2,5-8,10-11,19H2,1H3. The summed E-state index contributed by atoms with van der Waals surface area (Å²) in [6.45, 7) is 2.88. The molecule has 106 valence electrons. The van der Waals surface area contributed by atoms with E-state index >= 15 is 0 Å². The van der Waals surface area contributed by atoms with Crippen LogP contribution in [0.4, 0.5) is 4.39 Å². The maximum atomic E-state index is 13.9. The van der Waals surface area contributed by atoms with Gasteiger partial charge in [0, 0.05) is 5.02 Å². The summed E-state index contributed by atoms with van der Waals surface area (Å²) in [7, 11) is 0. The van der Waals surface area contributed by atoms with E-state index in [1.165, 1.54) is 25.3 Å². The molecule has 0 aromatic heterocycles. The fraction of sp³-hybridized carbons (Fsp3) is 0.625. The maximum absolute atomic E-state index is 13.9. The van der Waals surface area contributed by atoms with Crippen LogP contribution in [0.3, 0.4) is 0 Å². The van der Waals surface area contributed by atoms with Gasteiger partial charge in [0.1, 0.15) is 5.82 Å². The molecule has 0 spiro atoms. The molecule has 2 rings (SSSR count). The van der Waals surface area contributed by atoms with E-state index in [2.05, 4.69) is 6.92 Å². The molecule has 2 N–H and O–H groups in total. The lowest BCUT2D eigenvalue weighted by Crippen LogP contribution is -2.37. The second kappa shape index (κ2) is 6.23. The average Bonchev–Trinajstić information content (AvgIpc) is 2.44. The molecule has 0 aliphatic heterocycles. The summed E-state index contributed by atoms with van der Waals surface area (Å²) in [6.07, 6.45) is 6.60. The van der Waals surface area contributed by atoms with Crippen LogP contribution in [0.15, 0.2) is 18.2 Å². The summed E-state index contributed by atoms with van der Waals surface area (Å²) < 4.78 is 13.9. The molecule has 1 fully saturated rings. The Balaban J connectivity index is 2.13. The first-order chi connectivity index (χ1) is 9.08. The van der Waals surface area contributed by atoms with E-state index in [0.717, 1.165) is 18.8 Å². The highest BCUT2D eigenvalue weighted by Crippen LogP contribution is 2.42. The Morgan fingerprint density at radius 2 is 2.05 bits per heavy atom. The second-order valence-electron chi connectivity index (χ2n) is 5.97. The summed E-state index contributed by atoms with van der Waals surface area (Å²) in [5.74, 6) is 0.665. The minimum absolute atomic E-state index is 0.0667. The molecule has 3 heteroatoms. The molecule has 1 aromatic carbocycles. The summed E-state index contributed by atoms with van der Waals surface area (Å²) in [4.78, 5) is 0. The summed E-state index contributed by atoms with van der Waals surface area (Å²) >= 11 is 5.97. The summed E-state index contributed by atoms with van der Waals surface area (Å²) in [6, 6.07) is 4.81. The predicted molar refractivity (Wildman–Crippen MR) is 78.9 cm³/mol. The topological polar surface area (TPSA) is 26.0 Å². The van der Waals surface area contributed by atoms with Crippen molar-refractivity contribution in [2.24, 2.45) is 17.1 Å². The van der Waals surface area contributed by atoms with E-state index in [9.17, 15) is 4.39 Å². The van der Waals surface area contributed by atoms with Gasteiger partial charge in [0.2, 0.25) is 0 Å². The SMILES string of the molecule is CCC1CCC(CN)(Cc2cc(Cl)ccc2F)CC1. The first kappa shape index (κ1) is 14.8. The molecule has 19 heavy (non-hydrogen) atoms. The van der Waals surface area contributed by atoms with Crippen LogP contribution in [0, 0.1) is 17.2 Å². The number of benzene rings is 1. The van der Waals surface area contributed by atoms with Gasteiger partial charge >= 0.3 is 0 Å². The van der Waals surface area contributed by atoms with Crippen LogP contribution in [0.1, 0.15) is 44.6 Å². The zero-order valence-corrected chi connectivity index (χ0v) is 12.3. The van der Waals surface area contributed by atoms with Crippen molar-refractivity contribution in [3.8, 4) is 0 Å². The van der Waals surface area contributed by atoms with Gasteiger partial charge in [-0.1, -0.05) is 24.9 Å². The molecule has 1 aromatic rings. The molecule has 0 bridgehead atoms. The van der Waals surface area contributed by atoms with Gasteiger partial charge in [0.25, 0.3) is 0 Å². The molecule has 0 atom stereocenters. The van der Waals surface area contributed by atoms with Crippen molar-refractivity contribution in [2.45, 2.75) is 45.4 Å². The Bertz CT molecular complexity index is 425. The van der Waals surface area contributed by atoms with Gasteiger partial charge in [0.15, 0.2) is 0 Å². The third-order valence-corrected chi connectivity index (χ3v) is 4.98. The molecule has 1 aliphatic rings. The van der Waals surface area contributed by atoms with Gasteiger partial charge in [-0.25, -0.2) is 4.39 Å². The Labute approximate surface area is 120 Å². The molecular weight excluding hydrogens is 261 g/mol. The fourth-order valence-corrected chi connectivity index (χ4v) is 3.43. The quantitative estimate of drug-likeness (QED) is 0.861. The molecule has 1 nitrogen and oxygen atoms in total. The number of nitrogens with two attached hydrogens (primary N) is 1. The number of halogens is 2. The Kier molecular flexibility index (Phi) is 4.86. The molecule has 0 unspecified atom stereocenters. The monoisotopic (exact) mass is 283 g/mol. The van der Waals surface area contributed by atoms with Crippen molar-refractivity contribution in [3.05, 3.63) is 34.6 Å². The van der Waals surface area contributed by atoms with Crippen LogP contribution in [-0.2, 0) is 6.42 Å². The molecule has 1 saturated carbocycles. The first-order valence-corrected chi connectivity index (χ1v) is 7.60. The zero-order chi connectivity index (χ0) is 13.9. The van der Waals surface area contributed by atoms with Gasteiger partial charge in [0.05, 0.1) is 0 Å². The lowest BCUT2D eigenvalue weighted by Gasteiger charge is -2.39. The van der Waals surface area contributed by atoms with Crippen molar-refractivity contribution < 1.29 is 4.39 Å². The lowest BCUT2D eigenvalue weighted by atomic mass is 9.67. The third kappa shape index (κ3) is 3.49. The Morgan fingerprint density at radius 3 is 2.63 bits per heavy atom. The highest BCUT2D eigenvalue weighted by atomic mass is 35.5. The number of rotatable bonds is 4. The number of hydrogen-bond acceptors (Lipinski definition) is 1. The molecular formula is C16H23ClFN. The molecule has 0 saturated heterocycles. The highest BCUT2D eigenvalue weighted by molar-refractivity contribution is 6.30. The first-order valence-electron chi connectivity index (χ1n) is 7.22. The molecule has 0 heterocycles. The Hall–Kier alpha value is -0.600. The average molecular weight is 284 g/mol. The van der Waals surface area contributed by atoms with Gasteiger partial charge < -0.3 is 5.73 Å². The zero-order valence-electron chi connectivity index (χ0n) is 11.6. The van der Waals surface area contributed by atoms with Gasteiger partial charge in [-0.05, 0) is 73.7 Å². The second-order valence-corrected chi connectivity index (χ2v) is 6.40. The lowest BCUT2D eigenvalue weighted by molar-refractivity contribution is 0.152. The van der Waals surface area contributed by atoms with Gasteiger partial charge in [-0.3, -0.25) is 0 Å². The van der Waals surface area contributed by atoms with E-state index in [4.69, 9.17) is 17.3 Å². The van der Waals surface area contributed by atoms with E-state index in [-0.39, 0.29) is 11.2 Å². The largest absolute Gasteiger partial charge is 0.330 e. The Morgan fingerprint density at radius 1 is 1.37 bits per heavy atom. The van der Waals surface area contributed by atoms with E-state index in [1.807, 2.05) is 0 Å². The third-order valence-electron chi connectivity index (χ3n) is 4.75. The van der Waals surface area contributed by atoms with Crippen LogP contribution >= 0.6 is 11.6 Å². The van der Waals surface area contributed by atoms with Crippen LogP contribution < -0.4 is 5.73 Å². The van der Waals surface area contributed by atoms with Crippen molar-refractivity contribution in [1.82, 2.24) is 0 Å². The summed E-state index contributed by atoms with van der Waals surface area (Å²) in [5, 5.41) is 0.603. The minimum atomic E-state index is -0.158. The van der Waals surface area contributed by atoms with Crippen LogP contribution in [0.2, 0.25) is 5.02 Å². The molecule has 0 amide bonds. The van der Waals surface area contributed by atoms with Crippen molar-refractivity contribution in [2.75, 3.05) is 6.54 Å². The van der Waals surface area contributed by atoms with Crippen molar-refractivity contribution >= 4 is 11.6 Å². The van der Waals surface area contributed by atoms with E-state index in [1.54, 1.807) is 12.1 Å². The van der Waals surface area contributed by atoms with E-state index < -0.39 is 0 Å². The van der Waals surface area contributed by atoms with Crippen LogP contribution in [0.25, 0.3) is 0 Å². The minimum Gasteiger partial charge on any atom is -0.330 e. The smallest absolute Gasteiger partial charge is 0.126 e. The summed E-state index contributed by atoms with van der Waals surface area (Å²) in [5.41, 5.74) is 6.79. The number of hydrogen-bond donors (Lipinski definition) is 1. The molecule has 0 radical (unpaired) electrons. The van der Waals surface area contributed by atoms with E-state index in [0.29, 0.717) is 23.6 Å². The predicted octanol–water partition coefficient (Wildman–Crippen LogP) is 4.57. The normalized spacial score (nSPS) is 27.5. The van der Waals surface area contributed by atoms with Crippen molar-refractivity contribution in [3.63, 3.8) is 0 Å².